The van der Waals surface area contributed by atoms with E-state index in [4.69, 9.17) is 12.2 Å². The minimum Gasteiger partial charge on any atom is -0.395 e. The van der Waals surface area contributed by atoms with E-state index in [-0.39, 0.29) is 24.6 Å². The number of likely N-dealkylation sites (N-methyl/N-ethyl adjacent to an activating group) is 1. The lowest BCUT2D eigenvalue weighted by molar-refractivity contribution is 0.0708. The highest BCUT2D eigenvalue weighted by atomic mass is 32.1. The molecule has 0 fully saturated rings. The smallest absolute Gasteiger partial charge is 0.262 e. The maximum Gasteiger partial charge on any atom is 0.262 e. The number of benzene rings is 2. The monoisotopic (exact) mass is 454 g/mol. The predicted octanol–water partition coefficient (Wildman–Crippen LogP) is 3.04. The third-order valence-electron chi connectivity index (χ3n) is 5.64. The van der Waals surface area contributed by atoms with E-state index >= 15 is 0 Å². The Bertz CT molecular complexity index is 1170. The first kappa shape index (κ1) is 23.8. The molecular weight excluding hydrogens is 424 g/mol. The van der Waals surface area contributed by atoms with Crippen molar-refractivity contribution in [3.05, 3.63) is 74.8 Å². The number of H-pyrrole nitrogens is 1. The van der Waals surface area contributed by atoms with Crippen molar-refractivity contribution in [2.24, 2.45) is 0 Å². The van der Waals surface area contributed by atoms with Gasteiger partial charge in [0.1, 0.15) is 0 Å². The fraction of sp³-hybridized carbons (Fsp3) is 0.375. The fourth-order valence-electron chi connectivity index (χ4n) is 3.73. The van der Waals surface area contributed by atoms with Crippen LogP contribution in [0.2, 0.25) is 0 Å². The Morgan fingerprint density at radius 2 is 1.81 bits per heavy atom. The molecule has 32 heavy (non-hydrogen) atoms. The van der Waals surface area contributed by atoms with E-state index in [0.717, 1.165) is 25.2 Å². The van der Waals surface area contributed by atoms with Crippen molar-refractivity contribution in [3.63, 3.8) is 0 Å². The molecule has 3 rings (SSSR count). The van der Waals surface area contributed by atoms with Gasteiger partial charge in [-0.15, -0.1) is 0 Å². The fourth-order valence-corrected chi connectivity index (χ4v) is 4.02. The Kier molecular flexibility index (Phi) is 8.33. The molecule has 0 spiro atoms. The number of hydrogen-bond donors (Lipinski definition) is 2. The van der Waals surface area contributed by atoms with Crippen molar-refractivity contribution in [2.45, 2.75) is 26.9 Å². The zero-order chi connectivity index (χ0) is 23.1. The first-order valence-corrected chi connectivity index (χ1v) is 11.3. The zero-order valence-electron chi connectivity index (χ0n) is 18.6. The molecule has 0 aliphatic heterocycles. The Labute approximate surface area is 192 Å². The molecule has 1 aromatic heterocycles. The van der Waals surface area contributed by atoms with E-state index in [0.29, 0.717) is 34.3 Å². The molecule has 2 N–H and O–H groups in total. The van der Waals surface area contributed by atoms with Gasteiger partial charge in [0.05, 0.1) is 17.5 Å². The van der Waals surface area contributed by atoms with Crippen LogP contribution in [0, 0.1) is 4.77 Å². The molecule has 1 amide bonds. The second kappa shape index (κ2) is 11.2. The Hall–Kier alpha value is -2.81. The molecule has 0 radical (unpaired) electrons. The van der Waals surface area contributed by atoms with Gasteiger partial charge in [0.15, 0.2) is 4.77 Å². The highest BCUT2D eigenvalue weighted by Gasteiger charge is 2.17. The van der Waals surface area contributed by atoms with Gasteiger partial charge in [-0.1, -0.05) is 44.2 Å². The molecule has 0 saturated heterocycles. The lowest BCUT2D eigenvalue weighted by Gasteiger charge is -2.22. The van der Waals surface area contributed by atoms with Gasteiger partial charge in [0.25, 0.3) is 11.5 Å². The Balaban J connectivity index is 1.89. The number of aromatic nitrogens is 2. The summed E-state index contributed by atoms with van der Waals surface area (Å²) in [6, 6.07) is 14.6. The molecule has 7 nitrogen and oxygen atoms in total. The SMILES string of the molecule is CCN(CC)CCn1c(=S)[nH]c2cc(C(=O)N(CCO)Cc3ccccc3)ccc2c1=O. The Morgan fingerprint density at radius 1 is 1.09 bits per heavy atom. The minimum atomic E-state index is -0.213. The largest absolute Gasteiger partial charge is 0.395 e. The summed E-state index contributed by atoms with van der Waals surface area (Å²) in [5.41, 5.74) is 1.79. The third kappa shape index (κ3) is 5.51. The molecule has 0 aliphatic carbocycles. The molecule has 0 saturated carbocycles. The van der Waals surface area contributed by atoms with Crippen LogP contribution in [0.4, 0.5) is 0 Å². The predicted molar refractivity (Wildman–Crippen MR) is 129 cm³/mol. The molecular formula is C24H30N4O3S. The van der Waals surface area contributed by atoms with Gasteiger partial charge in [-0.3, -0.25) is 14.2 Å². The summed E-state index contributed by atoms with van der Waals surface area (Å²) >= 11 is 5.44. The molecule has 0 unspecified atom stereocenters. The minimum absolute atomic E-state index is 0.133. The van der Waals surface area contributed by atoms with Gasteiger partial charge in [-0.25, -0.2) is 0 Å². The van der Waals surface area contributed by atoms with Gasteiger partial charge < -0.3 is 19.9 Å². The van der Waals surface area contributed by atoms with E-state index in [1.165, 1.54) is 0 Å². The van der Waals surface area contributed by atoms with Crippen LogP contribution in [-0.4, -0.2) is 63.2 Å². The van der Waals surface area contributed by atoms with Crippen molar-refractivity contribution >= 4 is 29.0 Å². The van der Waals surface area contributed by atoms with Crippen molar-refractivity contribution in [3.8, 4) is 0 Å². The number of aliphatic hydroxyl groups is 1. The number of hydrogen-bond acceptors (Lipinski definition) is 5. The standard InChI is InChI=1S/C24H30N4O3S/c1-3-26(4-2)12-13-28-23(31)20-11-10-19(16-21(20)25-24(28)32)22(30)27(14-15-29)17-18-8-6-5-7-9-18/h5-11,16,29H,3-4,12-15,17H2,1-2H3,(H,25,32). The first-order valence-electron chi connectivity index (χ1n) is 10.9. The van der Waals surface area contributed by atoms with Gasteiger partial charge in [-0.2, -0.15) is 0 Å². The lowest BCUT2D eigenvalue weighted by Crippen LogP contribution is -2.33. The number of nitrogens with one attached hydrogen (secondary N) is 1. The number of rotatable bonds is 10. The summed E-state index contributed by atoms with van der Waals surface area (Å²) in [7, 11) is 0. The van der Waals surface area contributed by atoms with E-state index in [1.807, 2.05) is 30.3 Å². The highest BCUT2D eigenvalue weighted by molar-refractivity contribution is 7.71. The summed E-state index contributed by atoms with van der Waals surface area (Å²) in [6.45, 7) is 7.72. The number of aliphatic hydroxyl groups excluding tert-OH is 1. The quantitative estimate of drug-likeness (QED) is 0.460. The number of amides is 1. The van der Waals surface area contributed by atoms with Crippen molar-refractivity contribution in [1.29, 1.82) is 0 Å². The second-order valence-electron chi connectivity index (χ2n) is 7.61. The molecule has 170 valence electrons. The average molecular weight is 455 g/mol. The van der Waals surface area contributed by atoms with Crippen LogP contribution >= 0.6 is 12.2 Å². The number of aromatic amines is 1. The van der Waals surface area contributed by atoms with Gasteiger partial charge in [-0.05, 0) is 49.1 Å². The van der Waals surface area contributed by atoms with Crippen LogP contribution in [0.5, 0.6) is 0 Å². The summed E-state index contributed by atoms with van der Waals surface area (Å²) in [5, 5.41) is 9.94. The molecule has 8 heteroatoms. The molecule has 1 heterocycles. The van der Waals surface area contributed by atoms with Crippen molar-refractivity contribution in [1.82, 2.24) is 19.4 Å². The summed E-state index contributed by atoms with van der Waals surface area (Å²) in [5.74, 6) is -0.213. The topological polar surface area (TPSA) is 81.6 Å². The number of carbonyl (C=O) groups is 1. The molecule has 3 aromatic rings. The highest BCUT2D eigenvalue weighted by Crippen LogP contribution is 2.15. The van der Waals surface area contributed by atoms with E-state index in [1.54, 1.807) is 27.7 Å². The van der Waals surface area contributed by atoms with Gasteiger partial charge in [0.2, 0.25) is 0 Å². The van der Waals surface area contributed by atoms with Crippen LogP contribution in [-0.2, 0) is 13.1 Å². The summed E-state index contributed by atoms with van der Waals surface area (Å²) in [6.07, 6.45) is 0. The van der Waals surface area contributed by atoms with Crippen molar-refractivity contribution in [2.75, 3.05) is 32.8 Å². The summed E-state index contributed by atoms with van der Waals surface area (Å²) in [4.78, 5) is 33.1. The lowest BCUT2D eigenvalue weighted by atomic mass is 10.1. The number of carbonyl (C=O) groups excluding carboxylic acids is 1. The zero-order valence-corrected chi connectivity index (χ0v) is 19.4. The van der Waals surface area contributed by atoms with Crippen LogP contribution in [0.25, 0.3) is 10.9 Å². The van der Waals surface area contributed by atoms with Crippen LogP contribution < -0.4 is 5.56 Å². The molecule has 0 aliphatic rings. The van der Waals surface area contributed by atoms with Crippen molar-refractivity contribution < 1.29 is 9.90 Å². The number of fused-ring (bicyclic) bond motifs is 1. The van der Waals surface area contributed by atoms with Gasteiger partial charge in [0, 0.05) is 31.7 Å². The molecule has 2 aromatic carbocycles. The summed E-state index contributed by atoms with van der Waals surface area (Å²) < 4.78 is 1.92. The first-order chi connectivity index (χ1) is 15.5. The molecule has 0 atom stereocenters. The Morgan fingerprint density at radius 3 is 2.47 bits per heavy atom. The maximum atomic E-state index is 13.1. The van der Waals surface area contributed by atoms with E-state index in [2.05, 4.69) is 23.7 Å². The van der Waals surface area contributed by atoms with Gasteiger partial charge >= 0.3 is 0 Å². The van der Waals surface area contributed by atoms with Crippen LogP contribution in [0.1, 0.15) is 29.8 Å². The normalized spacial score (nSPS) is 11.2. The van der Waals surface area contributed by atoms with Crippen LogP contribution in [0.15, 0.2) is 53.3 Å². The number of nitrogens with zero attached hydrogens (tertiary/aromatic N) is 3. The van der Waals surface area contributed by atoms with E-state index in [9.17, 15) is 14.7 Å². The van der Waals surface area contributed by atoms with E-state index < -0.39 is 0 Å². The third-order valence-corrected chi connectivity index (χ3v) is 5.96. The van der Waals surface area contributed by atoms with Crippen LogP contribution in [0.3, 0.4) is 0 Å². The average Bonchev–Trinajstić information content (AvgIpc) is 2.81. The molecule has 0 bridgehead atoms. The second-order valence-corrected chi connectivity index (χ2v) is 8.00. The maximum absolute atomic E-state index is 13.1.